The molecule has 18 heavy (non-hydrogen) atoms. The summed E-state index contributed by atoms with van der Waals surface area (Å²) in [5.41, 5.74) is -0.163. The van der Waals surface area contributed by atoms with E-state index >= 15 is 0 Å². The van der Waals surface area contributed by atoms with Crippen LogP contribution in [-0.2, 0) is 0 Å². The van der Waals surface area contributed by atoms with E-state index in [1.54, 1.807) is 0 Å². The average Bonchev–Trinajstić information content (AvgIpc) is 2.26. The molecule has 0 aliphatic heterocycles. The maximum Gasteiger partial charge on any atom is 0.356 e. The van der Waals surface area contributed by atoms with Crippen LogP contribution in [0.2, 0.25) is 0 Å². The normalized spacial score (nSPS) is 11.1. The fourth-order valence-electron chi connectivity index (χ4n) is 1.41. The van der Waals surface area contributed by atoms with Gasteiger partial charge in [0.15, 0.2) is 5.69 Å². The summed E-state index contributed by atoms with van der Waals surface area (Å²) in [6, 6.07) is 0. The number of carbonyl (C=O) groups is 1. The molecule has 0 saturated carbocycles. The van der Waals surface area contributed by atoms with E-state index < -0.39 is 18.9 Å². The SMILES string of the molecule is CC(C)c1ncc(N(C)CC(F)F)c(C(=O)O)n1. The largest absolute Gasteiger partial charge is 0.476 e. The van der Waals surface area contributed by atoms with E-state index in [4.69, 9.17) is 5.11 Å². The zero-order valence-electron chi connectivity index (χ0n) is 10.4. The Bertz CT molecular complexity index is 438. The molecule has 0 bridgehead atoms. The van der Waals surface area contributed by atoms with E-state index in [1.807, 2.05) is 13.8 Å². The summed E-state index contributed by atoms with van der Waals surface area (Å²) in [7, 11) is 1.38. The molecule has 1 heterocycles. The number of nitrogens with zero attached hydrogens (tertiary/aromatic N) is 3. The molecule has 1 rings (SSSR count). The Balaban J connectivity index is 3.15. The number of aromatic nitrogens is 2. The van der Waals surface area contributed by atoms with Gasteiger partial charge < -0.3 is 10.0 Å². The maximum atomic E-state index is 12.3. The minimum absolute atomic E-state index is 0.0300. The average molecular weight is 259 g/mol. The highest BCUT2D eigenvalue weighted by atomic mass is 19.3. The number of rotatable bonds is 5. The highest BCUT2D eigenvalue weighted by Crippen LogP contribution is 2.20. The molecule has 0 radical (unpaired) electrons. The Morgan fingerprint density at radius 2 is 2.11 bits per heavy atom. The minimum atomic E-state index is -2.55. The summed E-state index contributed by atoms with van der Waals surface area (Å²) in [5.74, 6) is -0.908. The first-order valence-electron chi connectivity index (χ1n) is 5.42. The summed E-state index contributed by atoms with van der Waals surface area (Å²) in [5, 5.41) is 9.05. The van der Waals surface area contributed by atoms with Crippen molar-refractivity contribution in [2.45, 2.75) is 26.2 Å². The number of hydrogen-bond acceptors (Lipinski definition) is 4. The van der Waals surface area contributed by atoms with Crippen molar-refractivity contribution in [2.75, 3.05) is 18.5 Å². The van der Waals surface area contributed by atoms with Gasteiger partial charge in [-0.25, -0.2) is 23.5 Å². The molecule has 7 heteroatoms. The molecule has 0 spiro atoms. The Hall–Kier alpha value is -1.79. The topological polar surface area (TPSA) is 66.3 Å². The number of anilines is 1. The van der Waals surface area contributed by atoms with Crippen LogP contribution in [0.3, 0.4) is 0 Å². The second-order valence-corrected chi connectivity index (χ2v) is 4.19. The summed E-state index contributed by atoms with van der Waals surface area (Å²) in [6.45, 7) is 3.08. The lowest BCUT2D eigenvalue weighted by atomic mass is 10.2. The molecular formula is C11H15F2N3O2. The van der Waals surface area contributed by atoms with Crippen LogP contribution in [0.5, 0.6) is 0 Å². The number of carboxylic acid groups (broad SMARTS) is 1. The van der Waals surface area contributed by atoms with E-state index in [-0.39, 0.29) is 17.3 Å². The van der Waals surface area contributed by atoms with Gasteiger partial charge in [-0.05, 0) is 0 Å². The van der Waals surface area contributed by atoms with Crippen LogP contribution >= 0.6 is 0 Å². The molecule has 0 atom stereocenters. The quantitative estimate of drug-likeness (QED) is 0.876. The maximum absolute atomic E-state index is 12.3. The van der Waals surface area contributed by atoms with Crippen LogP contribution in [0.15, 0.2) is 6.20 Å². The minimum Gasteiger partial charge on any atom is -0.476 e. The molecule has 0 aliphatic carbocycles. The predicted octanol–water partition coefficient (Wildman–Crippen LogP) is 2.00. The van der Waals surface area contributed by atoms with Gasteiger partial charge in [0.1, 0.15) is 5.82 Å². The van der Waals surface area contributed by atoms with Crippen molar-refractivity contribution in [2.24, 2.45) is 0 Å². The first-order valence-corrected chi connectivity index (χ1v) is 5.42. The third kappa shape index (κ3) is 3.35. The van der Waals surface area contributed by atoms with Gasteiger partial charge in [0, 0.05) is 13.0 Å². The van der Waals surface area contributed by atoms with Crippen molar-refractivity contribution in [1.29, 1.82) is 0 Å². The molecule has 1 aromatic rings. The Kier molecular flexibility index (Phi) is 4.52. The molecule has 0 amide bonds. The van der Waals surface area contributed by atoms with E-state index in [2.05, 4.69) is 9.97 Å². The van der Waals surface area contributed by atoms with E-state index in [1.165, 1.54) is 13.2 Å². The molecule has 0 aromatic carbocycles. The van der Waals surface area contributed by atoms with Crippen molar-refractivity contribution < 1.29 is 18.7 Å². The van der Waals surface area contributed by atoms with E-state index in [0.717, 1.165) is 4.90 Å². The number of alkyl halides is 2. The monoisotopic (exact) mass is 259 g/mol. The van der Waals surface area contributed by atoms with Gasteiger partial charge in [-0.1, -0.05) is 13.8 Å². The summed E-state index contributed by atoms with van der Waals surface area (Å²) in [6.07, 6.45) is -1.28. The first-order chi connectivity index (χ1) is 8.32. The fraction of sp³-hybridized carbons (Fsp3) is 0.545. The Morgan fingerprint density at radius 1 is 1.50 bits per heavy atom. The molecule has 0 aliphatic rings. The third-order valence-corrected chi connectivity index (χ3v) is 2.33. The lowest BCUT2D eigenvalue weighted by molar-refractivity contribution is 0.0690. The standard InChI is InChI=1S/C11H15F2N3O2/c1-6(2)10-14-4-7(9(15-10)11(17)18)16(3)5-8(12)13/h4,6,8H,5H2,1-3H3,(H,17,18). The second kappa shape index (κ2) is 5.70. The lowest BCUT2D eigenvalue weighted by Crippen LogP contribution is -2.27. The van der Waals surface area contributed by atoms with Gasteiger partial charge in [-0.15, -0.1) is 0 Å². The number of hydrogen-bond donors (Lipinski definition) is 1. The van der Waals surface area contributed by atoms with Crippen LogP contribution < -0.4 is 4.90 Å². The second-order valence-electron chi connectivity index (χ2n) is 4.19. The fourth-order valence-corrected chi connectivity index (χ4v) is 1.41. The van der Waals surface area contributed by atoms with Gasteiger partial charge in [-0.2, -0.15) is 0 Å². The molecule has 0 unspecified atom stereocenters. The van der Waals surface area contributed by atoms with Gasteiger partial charge in [0.25, 0.3) is 6.43 Å². The van der Waals surface area contributed by atoms with Crippen LogP contribution in [-0.4, -0.2) is 41.1 Å². The van der Waals surface area contributed by atoms with Gasteiger partial charge in [-0.3, -0.25) is 0 Å². The molecule has 0 saturated heterocycles. The van der Waals surface area contributed by atoms with Crippen LogP contribution in [0.25, 0.3) is 0 Å². The lowest BCUT2D eigenvalue weighted by Gasteiger charge is -2.20. The van der Waals surface area contributed by atoms with Crippen LogP contribution in [0.4, 0.5) is 14.5 Å². The highest BCUT2D eigenvalue weighted by molar-refractivity contribution is 5.91. The third-order valence-electron chi connectivity index (χ3n) is 2.33. The van der Waals surface area contributed by atoms with Gasteiger partial charge >= 0.3 is 5.97 Å². The van der Waals surface area contributed by atoms with Gasteiger partial charge in [0.05, 0.1) is 18.4 Å². The smallest absolute Gasteiger partial charge is 0.356 e. The summed E-state index contributed by atoms with van der Waals surface area (Å²) >= 11 is 0. The zero-order valence-corrected chi connectivity index (χ0v) is 10.4. The Labute approximate surface area is 103 Å². The van der Waals surface area contributed by atoms with Crippen molar-refractivity contribution in [3.63, 3.8) is 0 Å². The van der Waals surface area contributed by atoms with Crippen LogP contribution in [0, 0.1) is 0 Å². The zero-order chi connectivity index (χ0) is 13.9. The molecule has 5 nitrogen and oxygen atoms in total. The van der Waals surface area contributed by atoms with Crippen molar-refractivity contribution in [3.8, 4) is 0 Å². The number of halogens is 2. The van der Waals surface area contributed by atoms with Crippen molar-refractivity contribution >= 4 is 11.7 Å². The molecular weight excluding hydrogens is 244 g/mol. The highest BCUT2D eigenvalue weighted by Gasteiger charge is 2.20. The molecule has 100 valence electrons. The Morgan fingerprint density at radius 3 is 2.56 bits per heavy atom. The van der Waals surface area contributed by atoms with E-state index in [0.29, 0.717) is 5.82 Å². The van der Waals surface area contributed by atoms with Crippen LogP contribution in [0.1, 0.15) is 36.1 Å². The van der Waals surface area contributed by atoms with Gasteiger partial charge in [0.2, 0.25) is 0 Å². The molecule has 1 N–H and O–H groups in total. The molecule has 1 aromatic heterocycles. The van der Waals surface area contributed by atoms with Crippen molar-refractivity contribution in [1.82, 2.24) is 9.97 Å². The summed E-state index contributed by atoms with van der Waals surface area (Å²) in [4.78, 5) is 20.1. The number of carboxylic acids is 1. The van der Waals surface area contributed by atoms with E-state index in [9.17, 15) is 13.6 Å². The summed E-state index contributed by atoms with van der Waals surface area (Å²) < 4.78 is 24.6. The predicted molar refractivity (Wildman–Crippen MR) is 62.4 cm³/mol. The number of aromatic carboxylic acids is 1. The first kappa shape index (κ1) is 14.3. The van der Waals surface area contributed by atoms with Crippen molar-refractivity contribution in [3.05, 3.63) is 17.7 Å². The molecule has 0 fully saturated rings.